The van der Waals surface area contributed by atoms with E-state index in [-0.39, 0.29) is 4.75 Å². The summed E-state index contributed by atoms with van der Waals surface area (Å²) in [5.41, 5.74) is 0. The molecular formula is C10H17NO2S. The zero-order chi connectivity index (χ0) is 9.81. The number of hydrogen-bond acceptors (Lipinski definition) is 2. The predicted octanol–water partition coefficient (Wildman–Crippen LogP) is 1.26. The minimum Gasteiger partial charge on any atom is -0.215 e. The van der Waals surface area contributed by atoms with Crippen LogP contribution in [0.4, 0.5) is 0 Å². The number of fused-ring (bicyclic) bond motifs is 2. The van der Waals surface area contributed by atoms with Crippen molar-refractivity contribution in [3.63, 3.8) is 0 Å². The maximum Gasteiger partial charge on any atom is 0.217 e. The number of sulfonamides is 1. The molecule has 3 aliphatic carbocycles. The van der Waals surface area contributed by atoms with Gasteiger partial charge in [0.25, 0.3) is 0 Å². The summed E-state index contributed by atoms with van der Waals surface area (Å²) in [6, 6.07) is 0. The van der Waals surface area contributed by atoms with Crippen molar-refractivity contribution in [3.05, 3.63) is 0 Å². The lowest BCUT2D eigenvalue weighted by atomic mass is 9.63. The molecule has 1 atom stereocenters. The van der Waals surface area contributed by atoms with Gasteiger partial charge in [-0.1, -0.05) is 12.8 Å². The molecule has 1 heterocycles. The maximum atomic E-state index is 12.0. The Morgan fingerprint density at radius 3 is 2.29 bits per heavy atom. The van der Waals surface area contributed by atoms with Gasteiger partial charge in [0.05, 0.1) is 4.75 Å². The third-order valence-electron chi connectivity index (χ3n) is 4.60. The van der Waals surface area contributed by atoms with Gasteiger partial charge in [0.1, 0.15) is 0 Å². The molecule has 4 rings (SSSR count). The Hall–Kier alpha value is -0.0900. The Kier molecular flexibility index (Phi) is 1.78. The highest BCUT2D eigenvalue weighted by Crippen LogP contribution is 2.53. The molecule has 1 unspecified atom stereocenters. The third-order valence-corrected chi connectivity index (χ3v) is 6.96. The molecule has 0 aromatic rings. The van der Waals surface area contributed by atoms with Gasteiger partial charge >= 0.3 is 0 Å². The van der Waals surface area contributed by atoms with E-state index in [1.807, 2.05) is 0 Å². The van der Waals surface area contributed by atoms with Crippen LogP contribution in [0.2, 0.25) is 0 Å². The zero-order valence-corrected chi connectivity index (χ0v) is 9.15. The second-order valence-corrected chi connectivity index (χ2v) is 7.24. The van der Waals surface area contributed by atoms with E-state index < -0.39 is 10.0 Å². The van der Waals surface area contributed by atoms with Crippen molar-refractivity contribution in [2.75, 3.05) is 6.54 Å². The zero-order valence-electron chi connectivity index (χ0n) is 8.33. The van der Waals surface area contributed by atoms with E-state index in [9.17, 15) is 8.42 Å². The largest absolute Gasteiger partial charge is 0.217 e. The molecule has 1 aliphatic heterocycles. The van der Waals surface area contributed by atoms with Gasteiger partial charge in [-0.05, 0) is 37.5 Å². The monoisotopic (exact) mass is 215 g/mol. The molecule has 0 aromatic carbocycles. The Bertz CT molecular complexity index is 343. The second kappa shape index (κ2) is 2.73. The molecule has 3 saturated carbocycles. The Morgan fingerprint density at radius 2 is 1.86 bits per heavy atom. The van der Waals surface area contributed by atoms with E-state index in [4.69, 9.17) is 0 Å². The van der Waals surface area contributed by atoms with Gasteiger partial charge in [0.2, 0.25) is 10.0 Å². The number of nitrogens with one attached hydrogen (secondary N) is 1. The second-order valence-electron chi connectivity index (χ2n) is 5.13. The van der Waals surface area contributed by atoms with E-state index >= 15 is 0 Å². The van der Waals surface area contributed by atoms with Gasteiger partial charge in [-0.2, -0.15) is 0 Å². The lowest BCUT2D eigenvalue weighted by molar-refractivity contribution is 0.118. The molecule has 80 valence electrons. The van der Waals surface area contributed by atoms with E-state index in [0.29, 0.717) is 18.4 Å². The highest BCUT2D eigenvalue weighted by Gasteiger charge is 2.57. The van der Waals surface area contributed by atoms with E-state index in [2.05, 4.69) is 4.72 Å². The van der Waals surface area contributed by atoms with Gasteiger partial charge in [0, 0.05) is 6.54 Å². The van der Waals surface area contributed by atoms with Crippen LogP contribution in [-0.2, 0) is 10.0 Å². The topological polar surface area (TPSA) is 46.2 Å². The molecule has 14 heavy (non-hydrogen) atoms. The van der Waals surface area contributed by atoms with Crippen LogP contribution in [0.1, 0.15) is 38.5 Å². The van der Waals surface area contributed by atoms with Crippen molar-refractivity contribution in [3.8, 4) is 0 Å². The summed E-state index contributed by atoms with van der Waals surface area (Å²) in [6.45, 7) is 0.672. The third kappa shape index (κ3) is 0.986. The lowest BCUT2D eigenvalue weighted by Gasteiger charge is -2.48. The van der Waals surface area contributed by atoms with Crippen molar-refractivity contribution in [2.24, 2.45) is 11.8 Å². The van der Waals surface area contributed by atoms with Crippen molar-refractivity contribution in [1.82, 2.24) is 4.72 Å². The summed E-state index contributed by atoms with van der Waals surface area (Å²) in [5, 5.41) is 0. The molecule has 2 bridgehead atoms. The fourth-order valence-electron chi connectivity index (χ4n) is 3.86. The average molecular weight is 215 g/mol. The predicted molar refractivity (Wildman–Crippen MR) is 54.3 cm³/mol. The molecule has 4 heteroatoms. The normalized spacial score (nSPS) is 50.0. The molecule has 0 radical (unpaired) electrons. The summed E-state index contributed by atoms with van der Waals surface area (Å²) in [7, 11) is -2.99. The fraction of sp³-hybridized carbons (Fsp3) is 1.00. The van der Waals surface area contributed by atoms with Gasteiger partial charge in [-0.25, -0.2) is 13.1 Å². The molecule has 0 aromatic heterocycles. The first-order valence-electron chi connectivity index (χ1n) is 5.63. The van der Waals surface area contributed by atoms with Gasteiger partial charge in [-0.3, -0.25) is 0 Å². The van der Waals surface area contributed by atoms with E-state index in [1.165, 1.54) is 12.8 Å². The Labute approximate surface area is 85.3 Å². The molecular weight excluding hydrogens is 198 g/mol. The van der Waals surface area contributed by atoms with Crippen LogP contribution in [0.3, 0.4) is 0 Å². The average Bonchev–Trinajstić information content (AvgIpc) is 2.44. The van der Waals surface area contributed by atoms with E-state index in [0.717, 1.165) is 25.7 Å². The number of rotatable bonds is 0. The van der Waals surface area contributed by atoms with Gasteiger partial charge < -0.3 is 0 Å². The van der Waals surface area contributed by atoms with Crippen LogP contribution in [0.15, 0.2) is 0 Å². The van der Waals surface area contributed by atoms with Crippen LogP contribution in [0, 0.1) is 11.8 Å². The summed E-state index contributed by atoms with van der Waals surface area (Å²) in [6.07, 6.45) is 6.62. The summed E-state index contributed by atoms with van der Waals surface area (Å²) in [4.78, 5) is 0. The van der Waals surface area contributed by atoms with Crippen LogP contribution in [-0.4, -0.2) is 19.7 Å². The van der Waals surface area contributed by atoms with Crippen molar-refractivity contribution in [2.45, 2.75) is 43.3 Å². The molecule has 1 spiro atoms. The van der Waals surface area contributed by atoms with Crippen molar-refractivity contribution in [1.29, 1.82) is 0 Å². The highest BCUT2D eigenvalue weighted by atomic mass is 32.2. The lowest BCUT2D eigenvalue weighted by Crippen LogP contribution is -2.51. The minimum absolute atomic E-state index is 0.353. The minimum atomic E-state index is -2.99. The summed E-state index contributed by atoms with van der Waals surface area (Å²) in [5.74, 6) is 1.14. The quantitative estimate of drug-likeness (QED) is 0.661. The van der Waals surface area contributed by atoms with Crippen LogP contribution < -0.4 is 4.72 Å². The molecule has 1 N–H and O–H groups in total. The SMILES string of the molecule is O=S1(=O)NCCC12CC1CCC2CC1. The fourth-order valence-corrected chi connectivity index (χ4v) is 6.02. The highest BCUT2D eigenvalue weighted by molar-refractivity contribution is 7.91. The standard InChI is InChI=1S/C10H17NO2S/c12-14(13)10(5-6-11-14)7-8-1-3-9(10)4-2-8/h8-9,11H,1-7H2. The Balaban J connectivity index is 2.04. The van der Waals surface area contributed by atoms with Crippen molar-refractivity contribution >= 4 is 10.0 Å². The smallest absolute Gasteiger partial charge is 0.215 e. The first-order chi connectivity index (χ1) is 6.64. The van der Waals surface area contributed by atoms with Gasteiger partial charge in [0.15, 0.2) is 0 Å². The molecule has 4 aliphatic rings. The van der Waals surface area contributed by atoms with Crippen LogP contribution in [0.5, 0.6) is 0 Å². The first-order valence-corrected chi connectivity index (χ1v) is 7.12. The first kappa shape index (κ1) is 9.16. The number of hydrogen-bond donors (Lipinski definition) is 1. The molecule has 4 fully saturated rings. The Morgan fingerprint density at radius 1 is 1.14 bits per heavy atom. The summed E-state index contributed by atoms with van der Waals surface area (Å²) >= 11 is 0. The summed E-state index contributed by atoms with van der Waals surface area (Å²) < 4.78 is 26.4. The molecule has 1 saturated heterocycles. The maximum absolute atomic E-state index is 12.0. The van der Waals surface area contributed by atoms with Gasteiger partial charge in [-0.15, -0.1) is 0 Å². The molecule has 3 nitrogen and oxygen atoms in total. The van der Waals surface area contributed by atoms with Crippen LogP contribution in [0.25, 0.3) is 0 Å². The molecule has 0 amide bonds. The van der Waals surface area contributed by atoms with Crippen LogP contribution >= 0.6 is 0 Å². The van der Waals surface area contributed by atoms with E-state index in [1.54, 1.807) is 0 Å². The van der Waals surface area contributed by atoms with Crippen molar-refractivity contribution < 1.29 is 8.42 Å².